The maximum Gasteiger partial charge on any atom is 0.335 e. The number of carbonyl (C=O) groups is 2. The molecular weight excluding hydrogens is 272 g/mol. The van der Waals surface area contributed by atoms with Crippen LogP contribution in [-0.2, 0) is 6.42 Å². The molecule has 0 bridgehead atoms. The van der Waals surface area contributed by atoms with Gasteiger partial charge in [-0.15, -0.1) is 0 Å². The first-order valence-corrected chi connectivity index (χ1v) is 6.78. The fraction of sp³-hybridized carbons (Fsp3) is 0.467. The first-order valence-electron chi connectivity index (χ1n) is 6.78. The largest absolute Gasteiger partial charge is 0.478 e. The van der Waals surface area contributed by atoms with E-state index in [1.807, 2.05) is 0 Å². The van der Waals surface area contributed by atoms with Gasteiger partial charge in [0.25, 0.3) is 0 Å². The van der Waals surface area contributed by atoms with Gasteiger partial charge >= 0.3 is 12.0 Å². The Bertz CT molecular complexity index is 504. The minimum absolute atomic E-state index is 0.0993. The lowest BCUT2D eigenvalue weighted by molar-refractivity contribution is 0.0695. The number of hydrogen-bond donors (Lipinski definition) is 2. The average Bonchev–Trinajstić information content (AvgIpc) is 2.50. The SMILES string of the molecule is CC(CO)N(C)C(=O)N(C)CCc1ccccc1C(=O)O. The summed E-state index contributed by atoms with van der Waals surface area (Å²) in [7, 11) is 3.29. The van der Waals surface area contributed by atoms with Crippen LogP contribution in [0, 0.1) is 0 Å². The number of aliphatic hydroxyl groups excluding tert-OH is 1. The number of aromatic carboxylic acids is 1. The van der Waals surface area contributed by atoms with E-state index in [1.54, 1.807) is 45.3 Å². The first-order chi connectivity index (χ1) is 9.88. The molecule has 0 aromatic heterocycles. The summed E-state index contributed by atoms with van der Waals surface area (Å²) in [5.41, 5.74) is 0.956. The highest BCUT2D eigenvalue weighted by Gasteiger charge is 2.19. The van der Waals surface area contributed by atoms with Crippen molar-refractivity contribution in [2.75, 3.05) is 27.2 Å². The molecule has 2 N–H and O–H groups in total. The summed E-state index contributed by atoms with van der Waals surface area (Å²) in [6.07, 6.45) is 0.464. The molecule has 0 heterocycles. The lowest BCUT2D eigenvalue weighted by Gasteiger charge is -2.28. The van der Waals surface area contributed by atoms with Gasteiger partial charge in [0.15, 0.2) is 0 Å². The van der Waals surface area contributed by atoms with Crippen molar-refractivity contribution in [3.8, 4) is 0 Å². The van der Waals surface area contributed by atoms with Gasteiger partial charge in [-0.05, 0) is 25.0 Å². The molecule has 1 aromatic carbocycles. The maximum atomic E-state index is 12.1. The topological polar surface area (TPSA) is 81.1 Å². The molecule has 0 aliphatic heterocycles. The first kappa shape index (κ1) is 17.0. The number of nitrogens with zero attached hydrogens (tertiary/aromatic N) is 2. The molecule has 1 rings (SSSR count). The van der Waals surface area contributed by atoms with Crippen molar-refractivity contribution in [1.29, 1.82) is 0 Å². The van der Waals surface area contributed by atoms with E-state index in [2.05, 4.69) is 0 Å². The Kier molecular flexibility index (Phi) is 6.17. The number of amides is 2. The van der Waals surface area contributed by atoms with Crippen LogP contribution < -0.4 is 0 Å². The summed E-state index contributed by atoms with van der Waals surface area (Å²) in [5.74, 6) is -0.967. The number of hydrogen-bond acceptors (Lipinski definition) is 3. The predicted molar refractivity (Wildman–Crippen MR) is 79.4 cm³/mol. The summed E-state index contributed by atoms with van der Waals surface area (Å²) in [4.78, 5) is 26.2. The second-order valence-corrected chi connectivity index (χ2v) is 5.06. The van der Waals surface area contributed by atoms with Gasteiger partial charge in [-0.3, -0.25) is 0 Å². The van der Waals surface area contributed by atoms with E-state index in [0.29, 0.717) is 18.5 Å². The molecule has 1 atom stereocenters. The molecule has 0 aliphatic rings. The van der Waals surface area contributed by atoms with Gasteiger partial charge < -0.3 is 20.0 Å². The van der Waals surface area contributed by atoms with Gasteiger partial charge in [0, 0.05) is 20.6 Å². The summed E-state index contributed by atoms with van der Waals surface area (Å²) in [6, 6.07) is 6.30. The molecule has 1 aromatic rings. The Morgan fingerprint density at radius 3 is 2.43 bits per heavy atom. The van der Waals surface area contributed by atoms with E-state index in [9.17, 15) is 9.59 Å². The van der Waals surface area contributed by atoms with Crippen LogP contribution in [0.25, 0.3) is 0 Å². The molecule has 1 unspecified atom stereocenters. The third-order valence-corrected chi connectivity index (χ3v) is 3.52. The molecule has 0 spiro atoms. The van der Waals surface area contributed by atoms with Gasteiger partial charge in [-0.2, -0.15) is 0 Å². The van der Waals surface area contributed by atoms with E-state index >= 15 is 0 Å². The van der Waals surface area contributed by atoms with Gasteiger partial charge in [0.05, 0.1) is 18.2 Å². The fourth-order valence-corrected chi connectivity index (χ4v) is 1.91. The van der Waals surface area contributed by atoms with E-state index in [0.717, 1.165) is 0 Å². The normalized spacial score (nSPS) is 11.8. The van der Waals surface area contributed by atoms with Crippen LogP contribution in [0.15, 0.2) is 24.3 Å². The highest BCUT2D eigenvalue weighted by Crippen LogP contribution is 2.10. The van der Waals surface area contributed by atoms with E-state index in [-0.39, 0.29) is 24.2 Å². The number of rotatable bonds is 6. The van der Waals surface area contributed by atoms with Crippen molar-refractivity contribution in [3.63, 3.8) is 0 Å². The number of urea groups is 1. The van der Waals surface area contributed by atoms with Gasteiger partial charge in [0.2, 0.25) is 0 Å². The van der Waals surface area contributed by atoms with Crippen molar-refractivity contribution >= 4 is 12.0 Å². The molecule has 6 nitrogen and oxygen atoms in total. The van der Waals surface area contributed by atoms with Crippen LogP contribution in [0.5, 0.6) is 0 Å². The molecule has 0 aliphatic carbocycles. The van der Waals surface area contributed by atoms with Crippen LogP contribution in [0.2, 0.25) is 0 Å². The van der Waals surface area contributed by atoms with Crippen molar-refractivity contribution < 1.29 is 19.8 Å². The minimum atomic E-state index is -0.967. The lowest BCUT2D eigenvalue weighted by atomic mass is 10.0. The van der Waals surface area contributed by atoms with Crippen molar-refractivity contribution in [3.05, 3.63) is 35.4 Å². The molecule has 6 heteroatoms. The zero-order chi connectivity index (χ0) is 16.0. The van der Waals surface area contributed by atoms with Crippen molar-refractivity contribution in [1.82, 2.24) is 9.80 Å². The Hall–Kier alpha value is -2.08. The second kappa shape index (κ2) is 7.64. The van der Waals surface area contributed by atoms with Crippen LogP contribution in [0.1, 0.15) is 22.8 Å². The third kappa shape index (κ3) is 4.46. The standard InChI is InChI=1S/C15H22N2O4/c1-11(10-18)17(3)15(21)16(2)9-8-12-6-4-5-7-13(12)14(19)20/h4-7,11,18H,8-10H2,1-3H3,(H,19,20). The summed E-state index contributed by atoms with van der Waals surface area (Å²) < 4.78 is 0. The number of aliphatic hydroxyl groups is 1. The number of carbonyl (C=O) groups excluding carboxylic acids is 1. The zero-order valence-electron chi connectivity index (χ0n) is 12.6. The fourth-order valence-electron chi connectivity index (χ4n) is 1.91. The van der Waals surface area contributed by atoms with Gasteiger partial charge in [0.1, 0.15) is 0 Å². The molecule has 0 saturated heterocycles. The van der Waals surface area contributed by atoms with Crippen LogP contribution >= 0.6 is 0 Å². The molecule has 0 radical (unpaired) electrons. The summed E-state index contributed by atoms with van der Waals surface area (Å²) in [5, 5.41) is 18.2. The maximum absolute atomic E-state index is 12.1. The highest BCUT2D eigenvalue weighted by molar-refractivity contribution is 5.89. The predicted octanol–water partition coefficient (Wildman–Crippen LogP) is 1.29. The molecule has 2 amide bonds. The average molecular weight is 294 g/mol. The molecule has 0 fully saturated rings. The van der Waals surface area contributed by atoms with Crippen molar-refractivity contribution in [2.45, 2.75) is 19.4 Å². The second-order valence-electron chi connectivity index (χ2n) is 5.06. The minimum Gasteiger partial charge on any atom is -0.478 e. The Morgan fingerprint density at radius 2 is 1.86 bits per heavy atom. The van der Waals surface area contributed by atoms with Gasteiger partial charge in [-0.25, -0.2) is 9.59 Å². The molecule has 0 saturated carbocycles. The van der Waals surface area contributed by atoms with Crippen LogP contribution in [-0.4, -0.2) is 65.3 Å². The highest BCUT2D eigenvalue weighted by atomic mass is 16.4. The van der Waals surface area contributed by atoms with E-state index in [4.69, 9.17) is 10.2 Å². The third-order valence-electron chi connectivity index (χ3n) is 3.52. The van der Waals surface area contributed by atoms with Crippen LogP contribution in [0.4, 0.5) is 4.79 Å². The van der Waals surface area contributed by atoms with Gasteiger partial charge in [-0.1, -0.05) is 18.2 Å². The van der Waals surface area contributed by atoms with Crippen LogP contribution in [0.3, 0.4) is 0 Å². The summed E-state index contributed by atoms with van der Waals surface area (Å²) >= 11 is 0. The quantitative estimate of drug-likeness (QED) is 0.828. The number of likely N-dealkylation sites (N-methyl/N-ethyl adjacent to an activating group) is 2. The lowest BCUT2D eigenvalue weighted by Crippen LogP contribution is -2.45. The number of benzene rings is 1. The monoisotopic (exact) mass is 294 g/mol. The number of carboxylic acids is 1. The Morgan fingerprint density at radius 1 is 1.24 bits per heavy atom. The van der Waals surface area contributed by atoms with E-state index in [1.165, 1.54) is 9.80 Å². The Balaban J connectivity index is 2.67. The molecule has 116 valence electrons. The number of carboxylic acid groups (broad SMARTS) is 1. The van der Waals surface area contributed by atoms with Crippen molar-refractivity contribution in [2.24, 2.45) is 0 Å². The molecular formula is C15H22N2O4. The zero-order valence-corrected chi connectivity index (χ0v) is 12.6. The van der Waals surface area contributed by atoms with E-state index < -0.39 is 5.97 Å². The molecule has 21 heavy (non-hydrogen) atoms. The smallest absolute Gasteiger partial charge is 0.335 e. The summed E-state index contributed by atoms with van der Waals surface area (Å²) in [6.45, 7) is 2.06. The Labute approximate surface area is 124 Å².